The molecule has 0 spiro atoms. The first kappa shape index (κ1) is 11.2. The first-order chi connectivity index (χ1) is 8.16. The van der Waals surface area contributed by atoms with E-state index in [2.05, 4.69) is 0 Å². The van der Waals surface area contributed by atoms with Gasteiger partial charge < -0.3 is 9.84 Å². The highest BCUT2D eigenvalue weighted by molar-refractivity contribution is 5.88. The standard InChI is InChI=1S/C14H12O3/c1-10-7-8-11(14(15)16)9-13(10)17-12-5-3-2-4-6-12/h2-9H,1H3,(H,15,16). The minimum atomic E-state index is -0.956. The fraction of sp³-hybridized carbons (Fsp3) is 0.0714. The van der Waals surface area contributed by atoms with E-state index in [0.717, 1.165) is 5.56 Å². The second-order valence-corrected chi connectivity index (χ2v) is 3.70. The molecule has 2 aromatic rings. The van der Waals surface area contributed by atoms with E-state index in [-0.39, 0.29) is 5.56 Å². The van der Waals surface area contributed by atoms with Crippen LogP contribution < -0.4 is 4.74 Å². The molecule has 0 amide bonds. The van der Waals surface area contributed by atoms with Crippen molar-refractivity contribution in [2.75, 3.05) is 0 Å². The molecule has 0 radical (unpaired) electrons. The summed E-state index contributed by atoms with van der Waals surface area (Å²) in [6, 6.07) is 14.1. The van der Waals surface area contributed by atoms with Crippen molar-refractivity contribution in [1.29, 1.82) is 0 Å². The molecule has 0 aliphatic rings. The number of carboxylic acids is 1. The molecule has 0 fully saturated rings. The van der Waals surface area contributed by atoms with Gasteiger partial charge in [0.2, 0.25) is 0 Å². The van der Waals surface area contributed by atoms with Gasteiger partial charge in [-0.1, -0.05) is 24.3 Å². The summed E-state index contributed by atoms with van der Waals surface area (Å²) in [6.07, 6.45) is 0. The molecule has 0 saturated carbocycles. The Morgan fingerprint density at radius 3 is 2.47 bits per heavy atom. The van der Waals surface area contributed by atoms with Crippen LogP contribution in [0.3, 0.4) is 0 Å². The van der Waals surface area contributed by atoms with Crippen LogP contribution in [0.2, 0.25) is 0 Å². The lowest BCUT2D eigenvalue weighted by Crippen LogP contribution is -1.97. The lowest BCUT2D eigenvalue weighted by molar-refractivity contribution is 0.0696. The lowest BCUT2D eigenvalue weighted by Gasteiger charge is -2.09. The minimum absolute atomic E-state index is 0.224. The van der Waals surface area contributed by atoms with Crippen LogP contribution in [0.1, 0.15) is 15.9 Å². The highest BCUT2D eigenvalue weighted by atomic mass is 16.5. The molecule has 0 saturated heterocycles. The Balaban J connectivity index is 2.32. The molecular formula is C14H12O3. The number of rotatable bonds is 3. The summed E-state index contributed by atoms with van der Waals surface area (Å²) in [4.78, 5) is 10.9. The highest BCUT2D eigenvalue weighted by Gasteiger charge is 2.07. The third kappa shape index (κ3) is 2.64. The summed E-state index contributed by atoms with van der Waals surface area (Å²) in [5.41, 5.74) is 1.13. The molecule has 3 heteroatoms. The van der Waals surface area contributed by atoms with Gasteiger partial charge in [0.15, 0.2) is 0 Å². The lowest BCUT2D eigenvalue weighted by atomic mass is 10.1. The van der Waals surface area contributed by atoms with E-state index in [0.29, 0.717) is 11.5 Å². The molecule has 1 N–H and O–H groups in total. The zero-order valence-electron chi connectivity index (χ0n) is 9.38. The average Bonchev–Trinajstić information content (AvgIpc) is 2.33. The van der Waals surface area contributed by atoms with Crippen LogP contribution in [0.4, 0.5) is 0 Å². The van der Waals surface area contributed by atoms with Gasteiger partial charge in [0.25, 0.3) is 0 Å². The van der Waals surface area contributed by atoms with Gasteiger partial charge in [-0.15, -0.1) is 0 Å². The Bertz CT molecular complexity index is 532. The Kier molecular flexibility index (Phi) is 3.10. The highest BCUT2D eigenvalue weighted by Crippen LogP contribution is 2.25. The summed E-state index contributed by atoms with van der Waals surface area (Å²) < 4.78 is 5.64. The van der Waals surface area contributed by atoms with E-state index in [9.17, 15) is 4.79 Å². The molecule has 0 aliphatic heterocycles. The Labute approximate surface area is 99.3 Å². The number of carboxylic acid groups (broad SMARTS) is 1. The fourth-order valence-electron chi connectivity index (χ4n) is 1.46. The maximum absolute atomic E-state index is 10.9. The summed E-state index contributed by atoms with van der Waals surface area (Å²) >= 11 is 0. The Hall–Kier alpha value is -2.29. The summed E-state index contributed by atoms with van der Waals surface area (Å²) in [6.45, 7) is 1.88. The molecule has 17 heavy (non-hydrogen) atoms. The number of aromatic carboxylic acids is 1. The van der Waals surface area contributed by atoms with Gasteiger partial charge in [0.05, 0.1) is 5.56 Å². The summed E-state index contributed by atoms with van der Waals surface area (Å²) in [5, 5.41) is 8.91. The molecule has 2 rings (SSSR count). The predicted octanol–water partition coefficient (Wildman–Crippen LogP) is 3.49. The van der Waals surface area contributed by atoms with E-state index in [1.165, 1.54) is 6.07 Å². The smallest absolute Gasteiger partial charge is 0.335 e. The van der Waals surface area contributed by atoms with Crippen molar-refractivity contribution in [1.82, 2.24) is 0 Å². The van der Waals surface area contributed by atoms with E-state index in [1.807, 2.05) is 37.3 Å². The molecule has 3 nitrogen and oxygen atoms in total. The minimum Gasteiger partial charge on any atom is -0.478 e. The quantitative estimate of drug-likeness (QED) is 0.874. The molecule has 86 valence electrons. The molecule has 0 aromatic heterocycles. The summed E-state index contributed by atoms with van der Waals surface area (Å²) in [5.74, 6) is 0.303. The molecular weight excluding hydrogens is 216 g/mol. The van der Waals surface area contributed by atoms with Crippen molar-refractivity contribution < 1.29 is 14.6 Å². The van der Waals surface area contributed by atoms with Gasteiger partial charge in [-0.3, -0.25) is 0 Å². The number of hydrogen-bond acceptors (Lipinski definition) is 2. The topological polar surface area (TPSA) is 46.5 Å². The van der Waals surface area contributed by atoms with E-state index < -0.39 is 5.97 Å². The number of hydrogen-bond donors (Lipinski definition) is 1. The first-order valence-electron chi connectivity index (χ1n) is 5.23. The second-order valence-electron chi connectivity index (χ2n) is 3.70. The normalized spacial score (nSPS) is 9.94. The van der Waals surface area contributed by atoms with Gasteiger partial charge in [-0.05, 0) is 36.8 Å². The second kappa shape index (κ2) is 4.70. The van der Waals surface area contributed by atoms with Gasteiger partial charge in [0.1, 0.15) is 11.5 Å². The summed E-state index contributed by atoms with van der Waals surface area (Å²) in [7, 11) is 0. The van der Waals surface area contributed by atoms with Crippen molar-refractivity contribution in [3.05, 3.63) is 59.7 Å². The third-order valence-corrected chi connectivity index (χ3v) is 2.41. The van der Waals surface area contributed by atoms with Crippen molar-refractivity contribution >= 4 is 5.97 Å². The maximum atomic E-state index is 10.9. The van der Waals surface area contributed by atoms with Crippen LogP contribution >= 0.6 is 0 Å². The van der Waals surface area contributed by atoms with Crippen molar-refractivity contribution in [2.45, 2.75) is 6.92 Å². The van der Waals surface area contributed by atoms with Gasteiger partial charge in [-0.2, -0.15) is 0 Å². The van der Waals surface area contributed by atoms with E-state index in [1.54, 1.807) is 12.1 Å². The van der Waals surface area contributed by atoms with Gasteiger partial charge in [-0.25, -0.2) is 4.79 Å². The predicted molar refractivity (Wildman–Crippen MR) is 64.7 cm³/mol. The van der Waals surface area contributed by atoms with Crippen LogP contribution in [0.5, 0.6) is 11.5 Å². The monoisotopic (exact) mass is 228 g/mol. The molecule has 0 atom stereocenters. The third-order valence-electron chi connectivity index (χ3n) is 2.41. The van der Waals surface area contributed by atoms with Crippen LogP contribution in [-0.4, -0.2) is 11.1 Å². The van der Waals surface area contributed by atoms with Crippen molar-refractivity contribution in [3.8, 4) is 11.5 Å². The van der Waals surface area contributed by atoms with E-state index in [4.69, 9.17) is 9.84 Å². The molecule has 0 bridgehead atoms. The number of carbonyl (C=O) groups is 1. The van der Waals surface area contributed by atoms with Crippen LogP contribution in [-0.2, 0) is 0 Å². The Morgan fingerprint density at radius 1 is 1.12 bits per heavy atom. The zero-order valence-corrected chi connectivity index (χ0v) is 9.38. The van der Waals surface area contributed by atoms with Crippen molar-refractivity contribution in [2.24, 2.45) is 0 Å². The van der Waals surface area contributed by atoms with Crippen LogP contribution in [0, 0.1) is 6.92 Å². The average molecular weight is 228 g/mol. The number of para-hydroxylation sites is 1. The van der Waals surface area contributed by atoms with E-state index >= 15 is 0 Å². The van der Waals surface area contributed by atoms with Crippen molar-refractivity contribution in [3.63, 3.8) is 0 Å². The molecule has 2 aromatic carbocycles. The first-order valence-corrected chi connectivity index (χ1v) is 5.23. The maximum Gasteiger partial charge on any atom is 0.335 e. The number of aryl methyl sites for hydroxylation is 1. The van der Waals surface area contributed by atoms with Crippen LogP contribution in [0.15, 0.2) is 48.5 Å². The fourth-order valence-corrected chi connectivity index (χ4v) is 1.46. The zero-order chi connectivity index (χ0) is 12.3. The number of benzene rings is 2. The molecule has 0 unspecified atom stereocenters. The number of ether oxygens (including phenoxy) is 1. The molecule has 0 heterocycles. The Morgan fingerprint density at radius 2 is 1.82 bits per heavy atom. The van der Waals surface area contributed by atoms with Gasteiger partial charge >= 0.3 is 5.97 Å². The SMILES string of the molecule is Cc1ccc(C(=O)O)cc1Oc1ccccc1. The van der Waals surface area contributed by atoms with Gasteiger partial charge in [0, 0.05) is 0 Å². The van der Waals surface area contributed by atoms with Crippen LogP contribution in [0.25, 0.3) is 0 Å². The largest absolute Gasteiger partial charge is 0.478 e. The molecule has 0 aliphatic carbocycles.